The van der Waals surface area contributed by atoms with Crippen LogP contribution in [0.25, 0.3) is 0 Å². The molecule has 3 unspecified atom stereocenters. The van der Waals surface area contributed by atoms with E-state index in [1.807, 2.05) is 6.92 Å². The van der Waals surface area contributed by atoms with Crippen molar-refractivity contribution in [2.24, 2.45) is 11.8 Å². The summed E-state index contributed by atoms with van der Waals surface area (Å²) < 4.78 is 0. The van der Waals surface area contributed by atoms with Gasteiger partial charge in [0.2, 0.25) is 5.91 Å². The highest BCUT2D eigenvalue weighted by Crippen LogP contribution is 2.31. The Morgan fingerprint density at radius 1 is 1.35 bits per heavy atom. The van der Waals surface area contributed by atoms with Gasteiger partial charge in [0.15, 0.2) is 0 Å². The van der Waals surface area contributed by atoms with Crippen molar-refractivity contribution in [3.05, 3.63) is 0 Å². The third-order valence-electron chi connectivity index (χ3n) is 3.42. The van der Waals surface area contributed by atoms with Gasteiger partial charge < -0.3 is 15.5 Å². The molecule has 0 aliphatic heterocycles. The van der Waals surface area contributed by atoms with Crippen LogP contribution in [0.2, 0.25) is 0 Å². The molecule has 1 aliphatic carbocycles. The molecule has 0 radical (unpaired) electrons. The maximum absolute atomic E-state index is 11.8. The van der Waals surface area contributed by atoms with Gasteiger partial charge >= 0.3 is 5.97 Å². The summed E-state index contributed by atoms with van der Waals surface area (Å²) in [5, 5.41) is 21.0. The van der Waals surface area contributed by atoms with Crippen LogP contribution in [0.4, 0.5) is 0 Å². The molecule has 1 fully saturated rings. The van der Waals surface area contributed by atoms with Crippen LogP contribution in [0, 0.1) is 11.8 Å². The van der Waals surface area contributed by atoms with Crippen molar-refractivity contribution in [1.82, 2.24) is 5.32 Å². The summed E-state index contributed by atoms with van der Waals surface area (Å²) in [5.41, 5.74) is 0. The molecule has 0 spiro atoms. The van der Waals surface area contributed by atoms with E-state index in [-0.39, 0.29) is 5.91 Å². The Balaban J connectivity index is 2.34. The molecule has 5 nitrogen and oxygen atoms in total. The molecule has 98 valence electrons. The van der Waals surface area contributed by atoms with Gasteiger partial charge in [-0.3, -0.25) is 9.59 Å². The number of carbonyl (C=O) groups excluding carboxylic acids is 1. The van der Waals surface area contributed by atoms with Crippen molar-refractivity contribution in [2.45, 2.75) is 45.1 Å². The number of amides is 1. The minimum atomic E-state index is -0.878. The topological polar surface area (TPSA) is 86.6 Å². The molecule has 5 heteroatoms. The molecule has 0 aromatic rings. The highest BCUT2D eigenvalue weighted by atomic mass is 16.4. The molecule has 0 saturated heterocycles. The maximum Gasteiger partial charge on any atom is 0.307 e. The first-order chi connectivity index (χ1) is 8.06. The van der Waals surface area contributed by atoms with Gasteiger partial charge in [-0.1, -0.05) is 13.3 Å². The smallest absolute Gasteiger partial charge is 0.307 e. The average molecular weight is 243 g/mol. The summed E-state index contributed by atoms with van der Waals surface area (Å²) >= 11 is 0. The molecule has 0 bridgehead atoms. The predicted octanol–water partition coefficient (Wildman–Crippen LogP) is 0.764. The monoisotopic (exact) mass is 243 g/mol. The number of hydrogen-bond donors (Lipinski definition) is 3. The molecule has 3 N–H and O–H groups in total. The first-order valence-electron chi connectivity index (χ1n) is 6.24. The van der Waals surface area contributed by atoms with Crippen LogP contribution >= 0.6 is 0 Å². The van der Waals surface area contributed by atoms with Crippen LogP contribution in [0.5, 0.6) is 0 Å². The van der Waals surface area contributed by atoms with Gasteiger partial charge in [0.1, 0.15) is 0 Å². The lowest BCUT2D eigenvalue weighted by molar-refractivity contribution is -0.146. The van der Waals surface area contributed by atoms with E-state index in [2.05, 4.69) is 5.32 Å². The number of hydrogen-bond acceptors (Lipinski definition) is 3. The van der Waals surface area contributed by atoms with E-state index in [0.29, 0.717) is 32.2 Å². The molecule has 0 aromatic carbocycles. The standard InChI is InChI=1S/C12H21NO4/c1-2-8(14)6-7-13-11(15)9-4-3-5-10(9)12(16)17/h8-10,14H,2-7H2,1H3,(H,13,15)(H,16,17). The van der Waals surface area contributed by atoms with Crippen LogP contribution in [0.3, 0.4) is 0 Å². The van der Waals surface area contributed by atoms with E-state index >= 15 is 0 Å². The summed E-state index contributed by atoms with van der Waals surface area (Å²) in [6, 6.07) is 0. The van der Waals surface area contributed by atoms with Crippen LogP contribution in [0.15, 0.2) is 0 Å². The fraction of sp³-hybridized carbons (Fsp3) is 0.833. The van der Waals surface area contributed by atoms with E-state index < -0.39 is 23.9 Å². The summed E-state index contributed by atoms with van der Waals surface area (Å²) in [6.45, 7) is 2.29. The maximum atomic E-state index is 11.8. The fourth-order valence-corrected chi connectivity index (χ4v) is 2.27. The summed E-state index contributed by atoms with van der Waals surface area (Å²) in [5.74, 6) is -1.99. The van der Waals surface area contributed by atoms with Gasteiger partial charge in [-0.25, -0.2) is 0 Å². The second-order valence-electron chi connectivity index (χ2n) is 4.62. The van der Waals surface area contributed by atoms with Crippen molar-refractivity contribution >= 4 is 11.9 Å². The third kappa shape index (κ3) is 4.00. The molecule has 0 aromatic heterocycles. The lowest BCUT2D eigenvalue weighted by atomic mass is 9.95. The summed E-state index contributed by atoms with van der Waals surface area (Å²) in [6.07, 6.45) is 2.83. The zero-order chi connectivity index (χ0) is 12.8. The first-order valence-corrected chi connectivity index (χ1v) is 6.24. The van der Waals surface area contributed by atoms with Crippen LogP contribution in [0.1, 0.15) is 39.0 Å². The molecule has 1 rings (SSSR count). The van der Waals surface area contributed by atoms with Crippen LogP contribution < -0.4 is 5.32 Å². The summed E-state index contributed by atoms with van der Waals surface area (Å²) in [4.78, 5) is 22.7. The zero-order valence-electron chi connectivity index (χ0n) is 10.2. The SMILES string of the molecule is CCC(O)CCNC(=O)C1CCCC1C(=O)O. The Morgan fingerprint density at radius 3 is 2.59 bits per heavy atom. The molecular formula is C12H21NO4. The zero-order valence-corrected chi connectivity index (χ0v) is 10.2. The quantitative estimate of drug-likeness (QED) is 0.643. The number of nitrogens with one attached hydrogen (secondary N) is 1. The van der Waals surface area contributed by atoms with Crippen molar-refractivity contribution < 1.29 is 19.8 Å². The van der Waals surface area contributed by atoms with Gasteiger partial charge in [-0.2, -0.15) is 0 Å². The van der Waals surface area contributed by atoms with Crippen molar-refractivity contribution in [1.29, 1.82) is 0 Å². The lowest BCUT2D eigenvalue weighted by Gasteiger charge is -2.16. The van der Waals surface area contributed by atoms with Crippen molar-refractivity contribution in [3.8, 4) is 0 Å². The normalized spacial score (nSPS) is 25.5. The number of aliphatic hydroxyl groups excluding tert-OH is 1. The van der Waals surface area contributed by atoms with E-state index in [4.69, 9.17) is 5.11 Å². The Morgan fingerprint density at radius 2 is 2.00 bits per heavy atom. The van der Waals surface area contributed by atoms with Crippen LogP contribution in [-0.2, 0) is 9.59 Å². The van der Waals surface area contributed by atoms with Gasteiger partial charge in [-0.15, -0.1) is 0 Å². The van der Waals surface area contributed by atoms with Gasteiger partial charge in [-0.05, 0) is 25.7 Å². The highest BCUT2D eigenvalue weighted by Gasteiger charge is 2.37. The second kappa shape index (κ2) is 6.59. The lowest BCUT2D eigenvalue weighted by Crippen LogP contribution is -2.36. The molecule has 3 atom stereocenters. The molecule has 1 amide bonds. The molecule has 0 heterocycles. The van der Waals surface area contributed by atoms with E-state index in [1.54, 1.807) is 0 Å². The summed E-state index contributed by atoms with van der Waals surface area (Å²) in [7, 11) is 0. The number of rotatable bonds is 6. The number of carboxylic acids is 1. The largest absolute Gasteiger partial charge is 0.481 e. The van der Waals surface area contributed by atoms with Gasteiger partial charge in [0, 0.05) is 6.54 Å². The minimum absolute atomic E-state index is 0.182. The highest BCUT2D eigenvalue weighted by molar-refractivity contribution is 5.85. The Hall–Kier alpha value is -1.10. The number of aliphatic carboxylic acids is 1. The van der Waals surface area contributed by atoms with E-state index in [9.17, 15) is 14.7 Å². The Bertz CT molecular complexity index is 280. The number of carbonyl (C=O) groups is 2. The number of aliphatic hydroxyl groups is 1. The molecule has 1 aliphatic rings. The third-order valence-corrected chi connectivity index (χ3v) is 3.42. The fourth-order valence-electron chi connectivity index (χ4n) is 2.27. The Kier molecular flexibility index (Phi) is 5.41. The van der Waals surface area contributed by atoms with Crippen molar-refractivity contribution in [2.75, 3.05) is 6.54 Å². The molecular weight excluding hydrogens is 222 g/mol. The van der Waals surface area contributed by atoms with Crippen LogP contribution in [-0.4, -0.2) is 34.7 Å². The second-order valence-corrected chi connectivity index (χ2v) is 4.62. The van der Waals surface area contributed by atoms with E-state index in [0.717, 1.165) is 6.42 Å². The molecule has 1 saturated carbocycles. The average Bonchev–Trinajstić information content (AvgIpc) is 2.77. The minimum Gasteiger partial charge on any atom is -0.481 e. The molecule has 17 heavy (non-hydrogen) atoms. The number of carboxylic acid groups (broad SMARTS) is 1. The van der Waals surface area contributed by atoms with E-state index in [1.165, 1.54) is 0 Å². The Labute approximate surface area is 101 Å². The van der Waals surface area contributed by atoms with Crippen molar-refractivity contribution in [3.63, 3.8) is 0 Å². The predicted molar refractivity (Wildman–Crippen MR) is 62.4 cm³/mol. The van der Waals surface area contributed by atoms with Gasteiger partial charge in [0.25, 0.3) is 0 Å². The first kappa shape index (κ1) is 14.0. The van der Waals surface area contributed by atoms with Gasteiger partial charge in [0.05, 0.1) is 17.9 Å².